The van der Waals surface area contributed by atoms with Crippen molar-refractivity contribution in [2.75, 3.05) is 32.7 Å². The van der Waals surface area contributed by atoms with Crippen LogP contribution >= 0.6 is 36.4 Å². The van der Waals surface area contributed by atoms with Crippen LogP contribution in [-0.2, 0) is 11.3 Å². The summed E-state index contributed by atoms with van der Waals surface area (Å²) in [5.74, 6) is 0.430. The predicted molar refractivity (Wildman–Crippen MR) is 108 cm³/mol. The molecule has 4 nitrogen and oxygen atoms in total. The monoisotopic (exact) mass is 425 g/mol. The van der Waals surface area contributed by atoms with Crippen LogP contribution in [0.5, 0.6) is 0 Å². The van der Waals surface area contributed by atoms with E-state index in [9.17, 15) is 9.18 Å². The second-order valence-corrected chi connectivity index (χ2v) is 7.24. The van der Waals surface area contributed by atoms with Crippen LogP contribution in [0.3, 0.4) is 0 Å². The van der Waals surface area contributed by atoms with E-state index in [0.29, 0.717) is 42.7 Å². The zero-order valence-corrected chi connectivity index (χ0v) is 17.1. The van der Waals surface area contributed by atoms with Gasteiger partial charge in [0.2, 0.25) is 5.91 Å². The normalized spacial score (nSPS) is 23.3. The highest BCUT2D eigenvalue weighted by atomic mass is 35.5. The van der Waals surface area contributed by atoms with Crippen molar-refractivity contribution in [2.24, 2.45) is 17.6 Å². The largest absolute Gasteiger partial charge is 0.340 e. The van der Waals surface area contributed by atoms with Gasteiger partial charge in [0, 0.05) is 49.2 Å². The first-order valence-electron chi connectivity index (χ1n) is 8.74. The SMILES string of the molecule is Cl.Cl.NC[C@H]1CCC[C@H]1C(=O)N1CCN(Cc2c(F)cccc2Cl)CC1. The maximum absolute atomic E-state index is 13.9. The van der Waals surface area contributed by atoms with Gasteiger partial charge in [-0.05, 0) is 37.4 Å². The van der Waals surface area contributed by atoms with Gasteiger partial charge in [-0.25, -0.2) is 4.39 Å². The number of nitrogens with zero attached hydrogens (tertiary/aromatic N) is 2. The molecule has 3 rings (SSSR count). The molecule has 1 amide bonds. The second-order valence-electron chi connectivity index (χ2n) is 6.83. The van der Waals surface area contributed by atoms with Crippen molar-refractivity contribution in [1.29, 1.82) is 0 Å². The third kappa shape index (κ3) is 5.23. The Balaban J connectivity index is 0.00000169. The number of amides is 1. The minimum absolute atomic E-state index is 0. The molecule has 2 N–H and O–H groups in total. The number of hydrogen-bond acceptors (Lipinski definition) is 3. The van der Waals surface area contributed by atoms with Crippen LogP contribution in [0.4, 0.5) is 4.39 Å². The fourth-order valence-electron chi connectivity index (χ4n) is 3.91. The molecular weight excluding hydrogens is 400 g/mol. The molecule has 1 aromatic carbocycles. The lowest BCUT2D eigenvalue weighted by Gasteiger charge is -2.37. The van der Waals surface area contributed by atoms with Crippen molar-refractivity contribution in [3.8, 4) is 0 Å². The first-order chi connectivity index (χ1) is 11.6. The molecule has 1 aromatic rings. The van der Waals surface area contributed by atoms with E-state index in [1.165, 1.54) is 6.07 Å². The molecule has 1 aliphatic heterocycles. The first-order valence-corrected chi connectivity index (χ1v) is 9.12. The molecule has 0 aromatic heterocycles. The summed E-state index contributed by atoms with van der Waals surface area (Å²) in [5, 5.41) is 0.463. The molecule has 0 unspecified atom stereocenters. The summed E-state index contributed by atoms with van der Waals surface area (Å²) in [6.45, 7) is 3.97. The fourth-order valence-corrected chi connectivity index (χ4v) is 4.13. The molecule has 2 fully saturated rings. The number of hydrogen-bond donors (Lipinski definition) is 1. The maximum Gasteiger partial charge on any atom is 0.226 e. The second kappa shape index (κ2) is 10.7. The van der Waals surface area contributed by atoms with Gasteiger partial charge in [0.15, 0.2) is 0 Å². The van der Waals surface area contributed by atoms with E-state index in [4.69, 9.17) is 17.3 Å². The van der Waals surface area contributed by atoms with Crippen LogP contribution in [-0.4, -0.2) is 48.4 Å². The fraction of sp³-hybridized carbons (Fsp3) is 0.611. The molecule has 1 saturated heterocycles. The summed E-state index contributed by atoms with van der Waals surface area (Å²) in [5.41, 5.74) is 6.34. The number of nitrogens with two attached hydrogens (primary N) is 1. The van der Waals surface area contributed by atoms with E-state index >= 15 is 0 Å². The summed E-state index contributed by atoms with van der Waals surface area (Å²) in [7, 11) is 0. The molecule has 0 bridgehead atoms. The van der Waals surface area contributed by atoms with Crippen LogP contribution in [0, 0.1) is 17.7 Å². The smallest absolute Gasteiger partial charge is 0.226 e. The summed E-state index contributed by atoms with van der Waals surface area (Å²) in [6, 6.07) is 4.77. The molecule has 1 saturated carbocycles. The van der Waals surface area contributed by atoms with E-state index in [-0.39, 0.29) is 42.5 Å². The lowest BCUT2D eigenvalue weighted by atomic mass is 9.94. The molecule has 1 aliphatic carbocycles. The third-order valence-corrected chi connectivity index (χ3v) is 5.76. The van der Waals surface area contributed by atoms with Gasteiger partial charge in [-0.3, -0.25) is 9.69 Å². The number of benzene rings is 1. The number of halogens is 4. The summed E-state index contributed by atoms with van der Waals surface area (Å²) >= 11 is 6.10. The van der Waals surface area contributed by atoms with Gasteiger partial charge >= 0.3 is 0 Å². The average molecular weight is 427 g/mol. The highest BCUT2D eigenvalue weighted by Crippen LogP contribution is 2.32. The maximum atomic E-state index is 13.9. The Morgan fingerprint density at radius 2 is 1.88 bits per heavy atom. The summed E-state index contributed by atoms with van der Waals surface area (Å²) in [6.07, 6.45) is 3.13. The Labute approximate surface area is 172 Å². The molecule has 26 heavy (non-hydrogen) atoms. The Morgan fingerprint density at radius 1 is 1.19 bits per heavy atom. The number of rotatable bonds is 4. The third-order valence-electron chi connectivity index (χ3n) is 5.41. The van der Waals surface area contributed by atoms with E-state index < -0.39 is 0 Å². The van der Waals surface area contributed by atoms with Crippen LogP contribution in [0.25, 0.3) is 0 Å². The summed E-state index contributed by atoms with van der Waals surface area (Å²) in [4.78, 5) is 16.8. The first kappa shape index (κ1) is 23.4. The van der Waals surface area contributed by atoms with E-state index in [2.05, 4.69) is 4.90 Å². The molecule has 1 heterocycles. The van der Waals surface area contributed by atoms with Crippen LogP contribution in [0.15, 0.2) is 18.2 Å². The van der Waals surface area contributed by atoms with Crippen molar-refractivity contribution >= 4 is 42.3 Å². The van der Waals surface area contributed by atoms with Crippen molar-refractivity contribution in [3.05, 3.63) is 34.6 Å². The van der Waals surface area contributed by atoms with Gasteiger partial charge in [-0.1, -0.05) is 24.1 Å². The Morgan fingerprint density at radius 3 is 2.50 bits per heavy atom. The van der Waals surface area contributed by atoms with Gasteiger partial charge in [0.25, 0.3) is 0 Å². The minimum atomic E-state index is -0.266. The van der Waals surface area contributed by atoms with Crippen LogP contribution < -0.4 is 5.73 Å². The van der Waals surface area contributed by atoms with Crippen molar-refractivity contribution in [2.45, 2.75) is 25.8 Å². The zero-order chi connectivity index (χ0) is 17.1. The van der Waals surface area contributed by atoms with Crippen LogP contribution in [0.1, 0.15) is 24.8 Å². The summed E-state index contributed by atoms with van der Waals surface area (Å²) < 4.78 is 13.9. The zero-order valence-electron chi connectivity index (χ0n) is 14.7. The quantitative estimate of drug-likeness (QED) is 0.803. The van der Waals surface area contributed by atoms with Gasteiger partial charge in [0.1, 0.15) is 5.82 Å². The molecule has 0 spiro atoms. The molecular formula is C18H27Cl3FN3O. The van der Waals surface area contributed by atoms with Gasteiger partial charge < -0.3 is 10.6 Å². The number of carbonyl (C=O) groups is 1. The molecule has 0 radical (unpaired) electrons. The van der Waals surface area contributed by atoms with Gasteiger partial charge in [0.05, 0.1) is 0 Å². The van der Waals surface area contributed by atoms with E-state index in [0.717, 1.165) is 32.4 Å². The predicted octanol–water partition coefficient (Wildman–Crippen LogP) is 3.34. The van der Waals surface area contributed by atoms with Crippen molar-refractivity contribution < 1.29 is 9.18 Å². The Bertz CT molecular complexity index is 577. The average Bonchev–Trinajstić information content (AvgIpc) is 3.07. The van der Waals surface area contributed by atoms with Gasteiger partial charge in [-0.2, -0.15) is 0 Å². The van der Waals surface area contributed by atoms with Gasteiger partial charge in [-0.15, -0.1) is 24.8 Å². The standard InChI is InChI=1S/C18H25ClFN3O.2ClH/c19-16-5-2-6-17(20)15(16)12-22-7-9-23(10-8-22)18(24)14-4-1-3-13(14)11-21;;/h2,5-6,13-14H,1,3-4,7-12,21H2;2*1H/t13-,14-;;/m1../s1. The molecule has 148 valence electrons. The Hall–Kier alpha value is -0.590. The molecule has 8 heteroatoms. The van der Waals surface area contributed by atoms with Crippen molar-refractivity contribution in [3.63, 3.8) is 0 Å². The van der Waals surface area contributed by atoms with E-state index in [1.54, 1.807) is 12.1 Å². The Kier molecular flexibility index (Phi) is 9.62. The lowest BCUT2D eigenvalue weighted by Crippen LogP contribution is -2.50. The van der Waals surface area contributed by atoms with E-state index in [1.807, 2.05) is 4.90 Å². The molecule has 2 atom stereocenters. The minimum Gasteiger partial charge on any atom is -0.340 e. The highest BCUT2D eigenvalue weighted by molar-refractivity contribution is 6.31. The van der Waals surface area contributed by atoms with Crippen LogP contribution in [0.2, 0.25) is 5.02 Å². The number of piperazine rings is 1. The lowest BCUT2D eigenvalue weighted by molar-refractivity contribution is -0.138. The molecule has 2 aliphatic rings. The van der Waals surface area contributed by atoms with Crippen molar-refractivity contribution in [1.82, 2.24) is 9.80 Å². The topological polar surface area (TPSA) is 49.6 Å². The number of carbonyl (C=O) groups excluding carboxylic acids is 1. The highest BCUT2D eigenvalue weighted by Gasteiger charge is 2.35.